The van der Waals surface area contributed by atoms with Gasteiger partial charge >= 0.3 is 0 Å². The molecule has 0 fully saturated rings. The molecule has 0 spiro atoms. The average Bonchev–Trinajstić information content (AvgIpc) is 3.19. The molecule has 0 bridgehead atoms. The Labute approximate surface area is 156 Å². The second-order valence-electron chi connectivity index (χ2n) is 5.92. The molecule has 2 heterocycles. The molecular weight excluding hydrogens is 371 g/mol. The van der Waals surface area contributed by atoms with Crippen molar-refractivity contribution in [3.05, 3.63) is 83.8 Å². The maximum Gasteiger partial charge on any atom is 0.287 e. The van der Waals surface area contributed by atoms with Crippen molar-refractivity contribution < 1.29 is 22.0 Å². The fraction of sp³-hybridized carbons (Fsp3) is 0.158. The maximum atomic E-state index is 13.5. The van der Waals surface area contributed by atoms with Gasteiger partial charge in [0.2, 0.25) is 0 Å². The Bertz CT molecular complexity index is 1030. The van der Waals surface area contributed by atoms with Crippen LogP contribution < -0.4 is 5.32 Å². The predicted octanol–water partition coefficient (Wildman–Crippen LogP) is 3.07. The van der Waals surface area contributed by atoms with Gasteiger partial charge in [0.15, 0.2) is 15.6 Å². The smallest absolute Gasteiger partial charge is 0.287 e. The van der Waals surface area contributed by atoms with Crippen LogP contribution >= 0.6 is 0 Å². The number of rotatable bonds is 6. The van der Waals surface area contributed by atoms with Crippen LogP contribution in [0.1, 0.15) is 26.9 Å². The summed E-state index contributed by atoms with van der Waals surface area (Å²) in [5.41, 5.74) is 0.639. The van der Waals surface area contributed by atoms with E-state index in [9.17, 15) is 17.6 Å². The molecule has 140 valence electrons. The Balaban J connectivity index is 1.94. The minimum atomic E-state index is -3.91. The van der Waals surface area contributed by atoms with Gasteiger partial charge in [-0.25, -0.2) is 12.8 Å². The normalized spacial score (nSPS) is 12.5. The summed E-state index contributed by atoms with van der Waals surface area (Å²) in [7, 11) is -3.91. The van der Waals surface area contributed by atoms with E-state index >= 15 is 0 Å². The summed E-state index contributed by atoms with van der Waals surface area (Å²) in [6.07, 6.45) is 4.31. The topological polar surface area (TPSA) is 89.3 Å². The van der Waals surface area contributed by atoms with E-state index in [1.54, 1.807) is 18.2 Å². The number of furan rings is 1. The monoisotopic (exact) mass is 388 g/mol. The van der Waals surface area contributed by atoms with Crippen molar-refractivity contribution in [2.45, 2.75) is 17.1 Å². The number of carbonyl (C=O) groups excluding carboxylic acids is 1. The molecule has 0 aliphatic rings. The molecule has 0 radical (unpaired) electrons. The first kappa shape index (κ1) is 18.8. The van der Waals surface area contributed by atoms with Gasteiger partial charge in [-0.05, 0) is 54.4 Å². The van der Waals surface area contributed by atoms with Crippen molar-refractivity contribution in [3.63, 3.8) is 0 Å². The molecular formula is C19H17FN2O4S. The molecule has 1 N–H and O–H groups in total. The molecule has 6 nitrogen and oxygen atoms in total. The lowest BCUT2D eigenvalue weighted by Gasteiger charge is -2.19. The van der Waals surface area contributed by atoms with Crippen LogP contribution in [-0.2, 0) is 9.84 Å². The third-order valence-electron chi connectivity index (χ3n) is 4.08. The molecule has 0 aliphatic carbocycles. The number of aromatic nitrogens is 1. The fourth-order valence-corrected chi connectivity index (χ4v) is 4.34. The van der Waals surface area contributed by atoms with E-state index in [0.29, 0.717) is 5.56 Å². The first-order chi connectivity index (χ1) is 12.9. The molecule has 0 aliphatic heterocycles. The number of pyridine rings is 1. The quantitative estimate of drug-likeness (QED) is 0.656. The summed E-state index contributed by atoms with van der Waals surface area (Å²) in [5.74, 6) is -0.938. The number of halogens is 1. The Morgan fingerprint density at radius 1 is 1.26 bits per heavy atom. The van der Waals surface area contributed by atoms with Crippen molar-refractivity contribution in [2.24, 2.45) is 0 Å². The van der Waals surface area contributed by atoms with Gasteiger partial charge in [0.05, 0.1) is 11.2 Å². The Hall–Kier alpha value is -3.00. The largest absolute Gasteiger partial charge is 0.459 e. The van der Waals surface area contributed by atoms with E-state index in [0.717, 1.165) is 6.07 Å². The standard InChI is InChI=1S/C19H17FN2O4S/c1-13-10-15(6-7-16(13)20)27(24,25)18(14-4-2-8-21-11-14)12-22-19(23)17-5-3-9-26-17/h2-11,18H,12H2,1H3,(H,22,23). The molecule has 8 heteroatoms. The summed E-state index contributed by atoms with van der Waals surface area (Å²) < 4.78 is 44.9. The van der Waals surface area contributed by atoms with Crippen LogP contribution in [0.3, 0.4) is 0 Å². The van der Waals surface area contributed by atoms with E-state index in [2.05, 4.69) is 10.3 Å². The van der Waals surface area contributed by atoms with Gasteiger partial charge < -0.3 is 9.73 Å². The van der Waals surface area contributed by atoms with E-state index < -0.39 is 26.8 Å². The van der Waals surface area contributed by atoms with Gasteiger partial charge in [-0.15, -0.1) is 0 Å². The Kier molecular flexibility index (Phi) is 5.36. The van der Waals surface area contributed by atoms with Crippen molar-refractivity contribution >= 4 is 15.7 Å². The molecule has 27 heavy (non-hydrogen) atoms. The molecule has 3 rings (SSSR count). The second kappa shape index (κ2) is 7.71. The van der Waals surface area contributed by atoms with Gasteiger partial charge in [-0.3, -0.25) is 9.78 Å². The lowest BCUT2D eigenvalue weighted by Crippen LogP contribution is -2.31. The van der Waals surface area contributed by atoms with Crippen LogP contribution in [0.25, 0.3) is 0 Å². The minimum Gasteiger partial charge on any atom is -0.459 e. The number of benzene rings is 1. The lowest BCUT2D eigenvalue weighted by atomic mass is 10.2. The van der Waals surface area contributed by atoms with Crippen molar-refractivity contribution in [1.82, 2.24) is 10.3 Å². The molecule has 1 unspecified atom stereocenters. The SMILES string of the molecule is Cc1cc(S(=O)(=O)C(CNC(=O)c2ccco2)c2cccnc2)ccc1F. The number of nitrogens with zero attached hydrogens (tertiary/aromatic N) is 1. The molecule has 1 atom stereocenters. The third kappa shape index (κ3) is 4.06. The van der Waals surface area contributed by atoms with E-state index in [1.807, 2.05) is 0 Å². The second-order valence-corrected chi connectivity index (χ2v) is 8.05. The van der Waals surface area contributed by atoms with Crippen molar-refractivity contribution in [1.29, 1.82) is 0 Å². The van der Waals surface area contributed by atoms with Gasteiger partial charge in [0.25, 0.3) is 5.91 Å². The number of aryl methyl sites for hydroxylation is 1. The lowest BCUT2D eigenvalue weighted by molar-refractivity contribution is 0.0926. The highest BCUT2D eigenvalue weighted by Crippen LogP contribution is 2.29. The van der Waals surface area contributed by atoms with E-state index in [4.69, 9.17) is 4.42 Å². The highest BCUT2D eigenvalue weighted by molar-refractivity contribution is 7.91. The molecule has 0 saturated carbocycles. The fourth-order valence-electron chi connectivity index (χ4n) is 2.61. The highest BCUT2D eigenvalue weighted by Gasteiger charge is 2.30. The number of hydrogen-bond donors (Lipinski definition) is 1. The van der Waals surface area contributed by atoms with Crippen LogP contribution in [0.4, 0.5) is 4.39 Å². The zero-order valence-electron chi connectivity index (χ0n) is 14.4. The van der Waals surface area contributed by atoms with Gasteiger partial charge in [-0.2, -0.15) is 0 Å². The van der Waals surface area contributed by atoms with E-state index in [-0.39, 0.29) is 22.8 Å². The maximum absolute atomic E-state index is 13.5. The summed E-state index contributed by atoms with van der Waals surface area (Å²) in [6, 6.07) is 9.88. The minimum absolute atomic E-state index is 0.0255. The van der Waals surface area contributed by atoms with Gasteiger partial charge in [-0.1, -0.05) is 6.07 Å². The number of hydrogen-bond acceptors (Lipinski definition) is 5. The number of nitrogens with one attached hydrogen (secondary N) is 1. The predicted molar refractivity (Wildman–Crippen MR) is 96.3 cm³/mol. The zero-order valence-corrected chi connectivity index (χ0v) is 15.2. The highest BCUT2D eigenvalue weighted by atomic mass is 32.2. The summed E-state index contributed by atoms with van der Waals surface area (Å²) >= 11 is 0. The zero-order chi connectivity index (χ0) is 19.4. The third-order valence-corrected chi connectivity index (χ3v) is 6.18. The first-order valence-electron chi connectivity index (χ1n) is 8.11. The van der Waals surface area contributed by atoms with Crippen LogP contribution in [0, 0.1) is 12.7 Å². The van der Waals surface area contributed by atoms with Crippen LogP contribution in [-0.4, -0.2) is 25.9 Å². The van der Waals surface area contributed by atoms with E-state index in [1.165, 1.54) is 43.8 Å². The number of amides is 1. The Morgan fingerprint density at radius 3 is 2.70 bits per heavy atom. The number of carbonyl (C=O) groups is 1. The Morgan fingerprint density at radius 2 is 2.07 bits per heavy atom. The van der Waals surface area contributed by atoms with Crippen molar-refractivity contribution in [3.8, 4) is 0 Å². The molecule has 1 aromatic carbocycles. The summed E-state index contributed by atoms with van der Waals surface area (Å²) in [4.78, 5) is 16.1. The molecule has 1 amide bonds. The molecule has 3 aromatic rings. The van der Waals surface area contributed by atoms with Crippen molar-refractivity contribution in [2.75, 3.05) is 6.54 Å². The molecule has 2 aromatic heterocycles. The van der Waals surface area contributed by atoms with Gasteiger partial charge in [0, 0.05) is 18.9 Å². The van der Waals surface area contributed by atoms with Crippen LogP contribution in [0.5, 0.6) is 0 Å². The number of sulfone groups is 1. The summed E-state index contributed by atoms with van der Waals surface area (Å²) in [6.45, 7) is 1.30. The van der Waals surface area contributed by atoms with Crippen LogP contribution in [0.2, 0.25) is 0 Å². The average molecular weight is 388 g/mol. The van der Waals surface area contributed by atoms with Crippen LogP contribution in [0.15, 0.2) is 70.4 Å². The first-order valence-corrected chi connectivity index (χ1v) is 9.66. The van der Waals surface area contributed by atoms with Gasteiger partial charge in [0.1, 0.15) is 11.1 Å². The molecule has 0 saturated heterocycles. The summed E-state index contributed by atoms with van der Waals surface area (Å²) in [5, 5.41) is 1.48.